The molecule has 154 valence electrons. The molecule has 1 aliphatic carbocycles. The molecule has 2 heterocycles. The standard InChI is InChI=1S/C21H28N6O2/c1-13-18(19(28)22-15-8-9-15)24-25-27(13)17-7-5-6-14-12-26(11-10-16(14)17)20(29)23-21(2,3)4/h5-7,15H,8-12H2,1-4H3,(H,22,28)(H,23,29). The second-order valence-electron chi connectivity index (χ2n) is 8.95. The summed E-state index contributed by atoms with van der Waals surface area (Å²) in [6, 6.07) is 6.23. The van der Waals surface area contributed by atoms with Gasteiger partial charge in [-0.3, -0.25) is 4.79 Å². The van der Waals surface area contributed by atoms with E-state index in [-0.39, 0.29) is 23.5 Å². The van der Waals surface area contributed by atoms with Crippen LogP contribution in [0.2, 0.25) is 0 Å². The molecular weight excluding hydrogens is 368 g/mol. The maximum absolute atomic E-state index is 12.5. The number of aromatic nitrogens is 3. The van der Waals surface area contributed by atoms with Gasteiger partial charge in [0.15, 0.2) is 5.69 Å². The zero-order chi connectivity index (χ0) is 20.8. The van der Waals surface area contributed by atoms with Crippen LogP contribution in [-0.4, -0.2) is 50.0 Å². The van der Waals surface area contributed by atoms with E-state index >= 15 is 0 Å². The lowest BCUT2D eigenvalue weighted by atomic mass is 9.97. The fraction of sp³-hybridized carbons (Fsp3) is 0.524. The van der Waals surface area contributed by atoms with Gasteiger partial charge in [0.25, 0.3) is 5.91 Å². The molecule has 3 amide bonds. The van der Waals surface area contributed by atoms with Crippen molar-refractivity contribution in [2.45, 2.75) is 65.1 Å². The largest absolute Gasteiger partial charge is 0.348 e. The second-order valence-corrected chi connectivity index (χ2v) is 8.95. The van der Waals surface area contributed by atoms with Crippen molar-refractivity contribution in [3.05, 3.63) is 40.7 Å². The molecule has 0 saturated heterocycles. The van der Waals surface area contributed by atoms with Crippen molar-refractivity contribution in [3.8, 4) is 5.69 Å². The van der Waals surface area contributed by atoms with E-state index in [0.717, 1.165) is 41.8 Å². The summed E-state index contributed by atoms with van der Waals surface area (Å²) in [7, 11) is 0. The first kappa shape index (κ1) is 19.4. The van der Waals surface area contributed by atoms with E-state index in [1.54, 1.807) is 4.68 Å². The number of carbonyl (C=O) groups excluding carboxylic acids is 2. The smallest absolute Gasteiger partial charge is 0.318 e. The summed E-state index contributed by atoms with van der Waals surface area (Å²) in [6.07, 6.45) is 2.79. The van der Waals surface area contributed by atoms with Crippen LogP contribution in [0.4, 0.5) is 4.79 Å². The minimum atomic E-state index is -0.269. The molecule has 2 N–H and O–H groups in total. The Kier molecular flexibility index (Phi) is 4.80. The van der Waals surface area contributed by atoms with Crippen LogP contribution in [0, 0.1) is 6.92 Å². The van der Waals surface area contributed by atoms with Crippen molar-refractivity contribution in [3.63, 3.8) is 0 Å². The number of nitrogens with one attached hydrogen (secondary N) is 2. The summed E-state index contributed by atoms with van der Waals surface area (Å²) in [4.78, 5) is 26.8. The van der Waals surface area contributed by atoms with Gasteiger partial charge in [-0.1, -0.05) is 17.3 Å². The van der Waals surface area contributed by atoms with E-state index < -0.39 is 0 Å². The number of nitrogens with zero attached hydrogens (tertiary/aromatic N) is 4. The lowest BCUT2D eigenvalue weighted by Crippen LogP contribution is -2.49. The Morgan fingerprint density at radius 3 is 2.66 bits per heavy atom. The molecule has 2 aliphatic rings. The Morgan fingerprint density at radius 1 is 1.21 bits per heavy atom. The topological polar surface area (TPSA) is 92.2 Å². The number of urea groups is 1. The quantitative estimate of drug-likeness (QED) is 0.833. The highest BCUT2D eigenvalue weighted by molar-refractivity contribution is 5.93. The van der Waals surface area contributed by atoms with E-state index in [2.05, 4.69) is 20.9 Å². The molecule has 0 atom stereocenters. The van der Waals surface area contributed by atoms with Crippen molar-refractivity contribution in [1.82, 2.24) is 30.5 Å². The summed E-state index contributed by atoms with van der Waals surface area (Å²) in [5.41, 5.74) is 4.00. The van der Waals surface area contributed by atoms with Gasteiger partial charge in [-0.25, -0.2) is 9.48 Å². The maximum atomic E-state index is 12.5. The zero-order valence-electron chi connectivity index (χ0n) is 17.5. The number of benzene rings is 1. The van der Waals surface area contributed by atoms with Crippen LogP contribution in [0.25, 0.3) is 5.69 Å². The van der Waals surface area contributed by atoms with Gasteiger partial charge >= 0.3 is 6.03 Å². The molecule has 0 unspecified atom stereocenters. The minimum absolute atomic E-state index is 0.0514. The van der Waals surface area contributed by atoms with Crippen LogP contribution in [0.1, 0.15) is 60.9 Å². The van der Waals surface area contributed by atoms with Crippen molar-refractivity contribution in [2.75, 3.05) is 6.54 Å². The third kappa shape index (κ3) is 4.11. The number of fused-ring (bicyclic) bond motifs is 1. The predicted octanol–water partition coefficient (Wildman–Crippen LogP) is 2.33. The van der Waals surface area contributed by atoms with Crippen LogP contribution in [0.3, 0.4) is 0 Å². The van der Waals surface area contributed by atoms with Gasteiger partial charge in [-0.2, -0.15) is 0 Å². The van der Waals surface area contributed by atoms with Gasteiger partial charge in [-0.05, 0) is 64.2 Å². The monoisotopic (exact) mass is 396 g/mol. The van der Waals surface area contributed by atoms with Crippen LogP contribution in [-0.2, 0) is 13.0 Å². The average Bonchev–Trinajstić information content (AvgIpc) is 3.38. The SMILES string of the molecule is Cc1c(C(=O)NC2CC2)nnn1-c1cccc2c1CCN(C(=O)NC(C)(C)C)C2. The number of rotatable bonds is 3. The van der Waals surface area contributed by atoms with Crippen molar-refractivity contribution >= 4 is 11.9 Å². The number of hydrogen-bond acceptors (Lipinski definition) is 4. The molecule has 0 bridgehead atoms. The Morgan fingerprint density at radius 2 is 1.97 bits per heavy atom. The molecule has 29 heavy (non-hydrogen) atoms. The van der Waals surface area contributed by atoms with E-state index in [0.29, 0.717) is 18.8 Å². The minimum Gasteiger partial charge on any atom is -0.348 e. The third-order valence-corrected chi connectivity index (χ3v) is 5.26. The van der Waals surface area contributed by atoms with Gasteiger partial charge in [-0.15, -0.1) is 5.10 Å². The van der Waals surface area contributed by atoms with Crippen molar-refractivity contribution in [1.29, 1.82) is 0 Å². The Bertz CT molecular complexity index is 955. The summed E-state index contributed by atoms with van der Waals surface area (Å²) in [5, 5.41) is 14.4. The Balaban J connectivity index is 1.57. The van der Waals surface area contributed by atoms with Crippen molar-refractivity contribution in [2.24, 2.45) is 0 Å². The van der Waals surface area contributed by atoms with Gasteiger partial charge in [0.2, 0.25) is 0 Å². The summed E-state index contributed by atoms with van der Waals surface area (Å²) < 4.78 is 1.74. The zero-order valence-corrected chi connectivity index (χ0v) is 17.5. The number of amides is 3. The lowest BCUT2D eigenvalue weighted by molar-refractivity contribution is 0.0945. The first-order chi connectivity index (χ1) is 13.7. The molecule has 2 aromatic rings. The molecule has 4 rings (SSSR count). The lowest BCUT2D eigenvalue weighted by Gasteiger charge is -2.33. The predicted molar refractivity (Wildman–Crippen MR) is 109 cm³/mol. The molecule has 1 aromatic heterocycles. The maximum Gasteiger partial charge on any atom is 0.318 e. The van der Waals surface area contributed by atoms with Crippen LogP contribution in [0.5, 0.6) is 0 Å². The highest BCUT2D eigenvalue weighted by atomic mass is 16.2. The average molecular weight is 396 g/mol. The first-order valence-electron chi connectivity index (χ1n) is 10.1. The Hall–Kier alpha value is -2.90. The van der Waals surface area contributed by atoms with Crippen LogP contribution < -0.4 is 10.6 Å². The molecular formula is C21H28N6O2. The fourth-order valence-corrected chi connectivity index (χ4v) is 3.61. The van der Waals surface area contributed by atoms with E-state index in [1.807, 2.05) is 50.8 Å². The van der Waals surface area contributed by atoms with Gasteiger partial charge in [0.05, 0.1) is 11.4 Å². The second kappa shape index (κ2) is 7.17. The van der Waals surface area contributed by atoms with Crippen molar-refractivity contribution < 1.29 is 9.59 Å². The summed E-state index contributed by atoms with van der Waals surface area (Å²) >= 11 is 0. The molecule has 1 saturated carbocycles. The molecule has 0 radical (unpaired) electrons. The van der Waals surface area contributed by atoms with Gasteiger partial charge < -0.3 is 15.5 Å². The number of hydrogen-bond donors (Lipinski definition) is 2. The first-order valence-corrected chi connectivity index (χ1v) is 10.1. The van der Waals surface area contributed by atoms with Gasteiger partial charge in [0.1, 0.15) is 0 Å². The molecule has 0 spiro atoms. The van der Waals surface area contributed by atoms with Crippen LogP contribution in [0.15, 0.2) is 18.2 Å². The normalized spacial score (nSPS) is 16.3. The van der Waals surface area contributed by atoms with E-state index in [4.69, 9.17) is 0 Å². The van der Waals surface area contributed by atoms with Gasteiger partial charge in [0, 0.05) is 24.7 Å². The Labute approximate surface area is 170 Å². The molecule has 1 aromatic carbocycles. The number of carbonyl (C=O) groups is 2. The molecule has 1 fully saturated rings. The molecule has 1 aliphatic heterocycles. The molecule has 8 heteroatoms. The van der Waals surface area contributed by atoms with E-state index in [9.17, 15) is 9.59 Å². The van der Waals surface area contributed by atoms with E-state index in [1.165, 1.54) is 0 Å². The third-order valence-electron chi connectivity index (χ3n) is 5.26. The summed E-state index contributed by atoms with van der Waals surface area (Å²) in [6.45, 7) is 8.98. The fourth-order valence-electron chi connectivity index (χ4n) is 3.61. The highest BCUT2D eigenvalue weighted by Gasteiger charge is 2.28. The van der Waals surface area contributed by atoms with Crippen LogP contribution >= 0.6 is 0 Å². The highest BCUT2D eigenvalue weighted by Crippen LogP contribution is 2.27. The molecule has 8 nitrogen and oxygen atoms in total. The summed E-state index contributed by atoms with van der Waals surface area (Å²) in [5.74, 6) is -0.161.